The second-order valence-electron chi connectivity index (χ2n) is 10.0. The maximum atomic E-state index is 9.83. The van der Waals surface area contributed by atoms with Gasteiger partial charge >= 0.3 is 0 Å². The van der Waals surface area contributed by atoms with Crippen molar-refractivity contribution in [2.75, 3.05) is 17.1 Å². The maximum Gasteiger partial charge on any atom is 0.109 e. The molecule has 0 bridgehead atoms. The Balaban J connectivity index is 1.67. The zero-order valence-corrected chi connectivity index (χ0v) is 21.4. The first kappa shape index (κ1) is 21.0. The molecule has 2 aromatic heterocycles. The van der Waals surface area contributed by atoms with Gasteiger partial charge < -0.3 is 10.6 Å². The quantitative estimate of drug-likeness (QED) is 0.301. The van der Waals surface area contributed by atoms with Gasteiger partial charge in [-0.3, -0.25) is 4.98 Å². The van der Waals surface area contributed by atoms with Crippen LogP contribution >= 0.6 is 11.6 Å². The van der Waals surface area contributed by atoms with Crippen LogP contribution in [0.1, 0.15) is 72.2 Å². The van der Waals surface area contributed by atoms with Crippen molar-refractivity contribution < 1.29 is 4.11 Å². The van der Waals surface area contributed by atoms with Crippen molar-refractivity contribution in [1.29, 1.82) is 10.5 Å². The van der Waals surface area contributed by atoms with E-state index in [1.807, 2.05) is 0 Å². The SMILES string of the molecule is [2H]C([2H])(Nc1c(C#N)cnc2c(Cl)cc(N[C@]([2H])(c3cccc(C#N)c3)c3cn(C4CC4)nn3)cc12)C(C)(C)C. The number of halogens is 1. The molecule has 1 saturated carbocycles. The molecule has 186 valence electrons. The normalized spacial score (nSPS) is 16.5. The van der Waals surface area contributed by atoms with E-state index in [1.54, 1.807) is 68.0 Å². The van der Waals surface area contributed by atoms with Crippen LogP contribution in [0.5, 0.6) is 0 Å². The first-order valence-electron chi connectivity index (χ1n) is 13.4. The van der Waals surface area contributed by atoms with Crippen molar-refractivity contribution in [3.8, 4) is 12.1 Å². The summed E-state index contributed by atoms with van der Waals surface area (Å²) in [6, 6.07) is 12.8. The van der Waals surface area contributed by atoms with E-state index in [0.717, 1.165) is 12.8 Å². The lowest BCUT2D eigenvalue weighted by Crippen LogP contribution is -2.20. The lowest BCUT2D eigenvalue weighted by molar-refractivity contribution is 0.443. The van der Waals surface area contributed by atoms with Gasteiger partial charge in [-0.05, 0) is 48.1 Å². The van der Waals surface area contributed by atoms with Gasteiger partial charge in [0.25, 0.3) is 0 Å². The number of hydrogen-bond acceptors (Lipinski definition) is 7. The van der Waals surface area contributed by atoms with Crippen molar-refractivity contribution in [1.82, 2.24) is 20.0 Å². The molecule has 0 aliphatic heterocycles. The van der Waals surface area contributed by atoms with Crippen molar-refractivity contribution in [2.45, 2.75) is 45.7 Å². The van der Waals surface area contributed by atoms with Gasteiger partial charge in [0.1, 0.15) is 11.8 Å². The minimum atomic E-state index is -1.89. The van der Waals surface area contributed by atoms with Gasteiger partial charge in [0, 0.05) is 26.5 Å². The van der Waals surface area contributed by atoms with E-state index < -0.39 is 17.9 Å². The minimum absolute atomic E-state index is 0.153. The van der Waals surface area contributed by atoms with E-state index in [9.17, 15) is 11.9 Å². The topological polar surface area (TPSA) is 115 Å². The summed E-state index contributed by atoms with van der Waals surface area (Å²) in [6.45, 7) is 3.39. The van der Waals surface area contributed by atoms with E-state index in [0.29, 0.717) is 33.4 Å². The van der Waals surface area contributed by atoms with Crippen LogP contribution in [0.4, 0.5) is 11.4 Å². The molecule has 1 atom stereocenters. The lowest BCUT2D eigenvalue weighted by atomic mass is 9.96. The molecular weight excluding hydrogens is 484 g/mol. The molecule has 37 heavy (non-hydrogen) atoms. The smallest absolute Gasteiger partial charge is 0.109 e. The summed E-state index contributed by atoms with van der Waals surface area (Å²) in [4.78, 5) is 4.36. The highest BCUT2D eigenvalue weighted by Gasteiger charge is 2.27. The third-order valence-corrected chi connectivity index (χ3v) is 6.13. The molecule has 8 nitrogen and oxygen atoms in total. The number of benzene rings is 2. The highest BCUT2D eigenvalue weighted by atomic mass is 35.5. The summed E-state index contributed by atoms with van der Waals surface area (Å²) in [5.74, 6) is 0. The highest BCUT2D eigenvalue weighted by molar-refractivity contribution is 6.35. The van der Waals surface area contributed by atoms with Crippen LogP contribution in [0, 0.1) is 28.1 Å². The van der Waals surface area contributed by atoms with Crippen molar-refractivity contribution >= 4 is 33.9 Å². The van der Waals surface area contributed by atoms with Gasteiger partial charge in [0.15, 0.2) is 0 Å². The fourth-order valence-corrected chi connectivity index (χ4v) is 4.15. The summed E-state index contributed by atoms with van der Waals surface area (Å²) < 4.78 is 28.6. The van der Waals surface area contributed by atoms with Gasteiger partial charge in [-0.15, -0.1) is 5.10 Å². The molecule has 2 heterocycles. The average molecular weight is 514 g/mol. The molecule has 5 rings (SSSR count). The molecule has 1 aliphatic rings. The standard InChI is InChI=1S/C28H27ClN8/c1-28(2,3)16-33-25-19(13-31)14-32-27-22(25)10-20(11-23(27)29)34-26(18-6-4-5-17(9-18)12-30)24-15-37(36-35-24)21-7-8-21/h4-6,9-11,14-15,21,26,34H,7-8,16H2,1-3H3,(H,32,33)/t26-/m1/s1/i16D2,26D. The zero-order valence-electron chi connectivity index (χ0n) is 23.7. The first-order chi connectivity index (χ1) is 18.9. The van der Waals surface area contributed by atoms with Crippen molar-refractivity contribution in [3.63, 3.8) is 0 Å². The fraction of sp³-hybridized carbons (Fsp3) is 0.321. The number of nitrogens with one attached hydrogen (secondary N) is 2. The Labute approximate surface area is 225 Å². The average Bonchev–Trinajstić information content (AvgIpc) is 3.63. The first-order valence-corrected chi connectivity index (χ1v) is 12.3. The minimum Gasteiger partial charge on any atom is -0.383 e. The Morgan fingerprint density at radius 1 is 1.24 bits per heavy atom. The van der Waals surface area contributed by atoms with Crippen LogP contribution in [0.25, 0.3) is 10.9 Å². The zero-order chi connectivity index (χ0) is 28.9. The highest BCUT2D eigenvalue weighted by Crippen LogP contribution is 2.37. The van der Waals surface area contributed by atoms with Crippen LogP contribution in [-0.4, -0.2) is 26.5 Å². The molecule has 2 aromatic carbocycles. The number of nitrogens with zero attached hydrogens (tertiary/aromatic N) is 6. The third kappa shape index (κ3) is 5.35. The van der Waals surface area contributed by atoms with Crippen LogP contribution < -0.4 is 10.6 Å². The molecule has 0 unspecified atom stereocenters. The fourth-order valence-electron chi connectivity index (χ4n) is 3.88. The Morgan fingerprint density at radius 2 is 2.05 bits per heavy atom. The molecule has 1 fully saturated rings. The number of hydrogen-bond donors (Lipinski definition) is 2. The molecular formula is C28H27ClN8. The molecule has 0 spiro atoms. The van der Waals surface area contributed by atoms with Crippen LogP contribution in [0.15, 0.2) is 48.8 Å². The van der Waals surface area contributed by atoms with Crippen LogP contribution in [-0.2, 0) is 0 Å². The second kappa shape index (κ2) is 9.72. The van der Waals surface area contributed by atoms with Gasteiger partial charge in [0.2, 0.25) is 0 Å². The number of aromatic nitrogens is 4. The predicted octanol–water partition coefficient (Wildman–Crippen LogP) is 6.22. The number of nitriles is 2. The molecule has 2 N–H and O–H groups in total. The molecule has 4 aromatic rings. The molecule has 9 heteroatoms. The van der Waals surface area contributed by atoms with Crippen molar-refractivity contribution in [2.24, 2.45) is 5.41 Å². The summed E-state index contributed by atoms with van der Waals surface area (Å²) >= 11 is 6.67. The summed E-state index contributed by atoms with van der Waals surface area (Å²) in [5.41, 5.74) is 1.58. The van der Waals surface area contributed by atoms with Gasteiger partial charge in [-0.1, -0.05) is 49.7 Å². The van der Waals surface area contributed by atoms with Gasteiger partial charge in [0.05, 0.1) is 53.1 Å². The summed E-state index contributed by atoms with van der Waals surface area (Å²) in [7, 11) is 0. The summed E-state index contributed by atoms with van der Waals surface area (Å²) in [5, 5.41) is 34.7. The third-order valence-electron chi connectivity index (χ3n) is 5.84. The Bertz CT molecular complexity index is 1690. The van der Waals surface area contributed by atoms with Gasteiger partial charge in [-0.2, -0.15) is 10.5 Å². The number of fused-ring (bicyclic) bond motifs is 1. The van der Waals surface area contributed by atoms with E-state index >= 15 is 0 Å². The maximum absolute atomic E-state index is 9.83. The van der Waals surface area contributed by atoms with E-state index in [2.05, 4.69) is 38.1 Å². The Hall–Kier alpha value is -4.14. The van der Waals surface area contributed by atoms with Crippen LogP contribution in [0.3, 0.4) is 0 Å². The van der Waals surface area contributed by atoms with E-state index in [4.69, 9.17) is 14.3 Å². The predicted molar refractivity (Wildman–Crippen MR) is 144 cm³/mol. The van der Waals surface area contributed by atoms with E-state index in [-0.39, 0.29) is 22.3 Å². The molecule has 0 radical (unpaired) electrons. The largest absolute Gasteiger partial charge is 0.383 e. The number of pyridine rings is 1. The molecule has 1 aliphatic carbocycles. The van der Waals surface area contributed by atoms with E-state index in [1.165, 1.54) is 6.20 Å². The second-order valence-corrected chi connectivity index (χ2v) is 10.4. The van der Waals surface area contributed by atoms with Crippen molar-refractivity contribution in [3.05, 3.63) is 76.2 Å². The summed E-state index contributed by atoms with van der Waals surface area (Å²) in [6.07, 6.45) is 5.09. The van der Waals surface area contributed by atoms with Gasteiger partial charge in [-0.25, -0.2) is 4.68 Å². The van der Waals surface area contributed by atoms with Crippen LogP contribution in [0.2, 0.25) is 5.02 Å². The molecule has 0 saturated heterocycles. The molecule has 0 amide bonds. The Kier molecular flexibility index (Phi) is 5.52. The monoisotopic (exact) mass is 513 g/mol. The lowest BCUT2D eigenvalue weighted by Gasteiger charge is -2.22. The number of rotatable bonds is 7. The number of anilines is 2. The Morgan fingerprint density at radius 3 is 2.76 bits per heavy atom.